The van der Waals surface area contributed by atoms with E-state index >= 15 is 0 Å². The Hall–Kier alpha value is -1.54. The molecule has 0 saturated carbocycles. The summed E-state index contributed by atoms with van der Waals surface area (Å²) >= 11 is 5.50. The monoisotopic (exact) mass is 233 g/mol. The molecule has 1 aromatic carbocycles. The summed E-state index contributed by atoms with van der Waals surface area (Å²) in [5, 5.41) is 0. The zero-order chi connectivity index (χ0) is 11.5. The van der Waals surface area contributed by atoms with Crippen LogP contribution in [0.1, 0.15) is 15.9 Å². The molecule has 16 heavy (non-hydrogen) atoms. The number of benzene rings is 1. The van der Waals surface area contributed by atoms with Gasteiger partial charge in [0.1, 0.15) is 0 Å². The second kappa shape index (κ2) is 4.54. The number of nitrogens with zero attached hydrogens (tertiary/aromatic N) is 1. The number of ketones is 1. The minimum absolute atomic E-state index is 0.0257. The largest absolute Gasteiger partial charge is 0.323 e. The third-order valence-corrected chi connectivity index (χ3v) is 2.71. The summed E-state index contributed by atoms with van der Waals surface area (Å²) in [7, 11) is 0. The Bertz CT molecular complexity index is 499. The van der Waals surface area contributed by atoms with E-state index in [1.165, 1.54) is 5.56 Å². The van der Waals surface area contributed by atoms with Crippen LogP contribution < -0.4 is 0 Å². The van der Waals surface area contributed by atoms with Crippen LogP contribution in [0.15, 0.2) is 42.7 Å². The second-order valence-corrected chi connectivity index (χ2v) is 3.97. The predicted octanol–water partition coefficient (Wildman–Crippen LogP) is 3.21. The lowest BCUT2D eigenvalue weighted by atomic mass is 10.2. The minimum atomic E-state index is -0.0486. The van der Waals surface area contributed by atoms with Gasteiger partial charge in [0.05, 0.1) is 5.88 Å². The fourth-order valence-electron chi connectivity index (χ4n) is 1.52. The lowest BCUT2D eigenvalue weighted by Crippen LogP contribution is -1.98. The topological polar surface area (TPSA) is 22.0 Å². The molecule has 1 aromatic heterocycles. The van der Waals surface area contributed by atoms with E-state index < -0.39 is 0 Å². The van der Waals surface area contributed by atoms with Crippen LogP contribution in [0.2, 0.25) is 0 Å². The quantitative estimate of drug-likeness (QED) is 0.590. The molecule has 0 fully saturated rings. The van der Waals surface area contributed by atoms with E-state index in [1.807, 2.05) is 42.0 Å². The van der Waals surface area contributed by atoms with Crippen molar-refractivity contribution in [3.05, 3.63) is 53.9 Å². The average molecular weight is 234 g/mol. The SMILES string of the molecule is Cc1ccc(-n2ccc(C(=O)CCl)c2)cc1. The van der Waals surface area contributed by atoms with Gasteiger partial charge in [0.2, 0.25) is 0 Å². The third-order valence-electron chi connectivity index (χ3n) is 2.47. The van der Waals surface area contributed by atoms with Gasteiger partial charge in [0.15, 0.2) is 5.78 Å². The summed E-state index contributed by atoms with van der Waals surface area (Å²) in [6.07, 6.45) is 3.67. The molecule has 82 valence electrons. The highest BCUT2D eigenvalue weighted by Gasteiger charge is 2.06. The van der Waals surface area contributed by atoms with Crippen LogP contribution in [0, 0.1) is 6.92 Å². The Morgan fingerprint density at radius 2 is 1.94 bits per heavy atom. The number of carbonyl (C=O) groups excluding carboxylic acids is 1. The summed E-state index contributed by atoms with van der Waals surface area (Å²) < 4.78 is 1.92. The Kier molecular flexibility index (Phi) is 3.11. The molecule has 0 amide bonds. The van der Waals surface area contributed by atoms with Crippen LogP contribution in [-0.2, 0) is 0 Å². The second-order valence-electron chi connectivity index (χ2n) is 3.70. The van der Waals surface area contributed by atoms with E-state index in [4.69, 9.17) is 11.6 Å². The van der Waals surface area contributed by atoms with E-state index in [2.05, 4.69) is 0 Å². The highest BCUT2D eigenvalue weighted by Crippen LogP contribution is 2.12. The molecule has 0 atom stereocenters. The first-order valence-corrected chi connectivity index (χ1v) is 5.58. The van der Waals surface area contributed by atoms with Crippen molar-refractivity contribution in [3.63, 3.8) is 0 Å². The van der Waals surface area contributed by atoms with Gasteiger partial charge >= 0.3 is 0 Å². The van der Waals surface area contributed by atoms with Gasteiger partial charge in [0.25, 0.3) is 0 Å². The lowest BCUT2D eigenvalue weighted by Gasteiger charge is -2.02. The Labute approximate surface area is 99.5 Å². The zero-order valence-corrected chi connectivity index (χ0v) is 9.74. The standard InChI is InChI=1S/C13H12ClNO/c1-10-2-4-12(5-3-10)15-7-6-11(9-15)13(16)8-14/h2-7,9H,8H2,1H3. The van der Waals surface area contributed by atoms with E-state index in [-0.39, 0.29) is 11.7 Å². The molecule has 0 aliphatic rings. The maximum Gasteiger partial charge on any atom is 0.179 e. The normalized spacial score (nSPS) is 10.4. The number of aryl methyl sites for hydroxylation is 1. The molecule has 2 aromatic rings. The Morgan fingerprint density at radius 1 is 1.25 bits per heavy atom. The van der Waals surface area contributed by atoms with E-state index in [0.29, 0.717) is 5.56 Å². The Balaban J connectivity index is 2.31. The van der Waals surface area contributed by atoms with E-state index in [0.717, 1.165) is 5.69 Å². The summed E-state index contributed by atoms with van der Waals surface area (Å²) in [4.78, 5) is 11.4. The van der Waals surface area contributed by atoms with Crippen molar-refractivity contribution >= 4 is 17.4 Å². The summed E-state index contributed by atoms with van der Waals surface area (Å²) in [5.41, 5.74) is 2.91. The van der Waals surface area contributed by atoms with Crippen molar-refractivity contribution in [2.45, 2.75) is 6.92 Å². The van der Waals surface area contributed by atoms with Crippen LogP contribution in [-0.4, -0.2) is 16.2 Å². The van der Waals surface area contributed by atoms with Gasteiger partial charge in [-0.25, -0.2) is 0 Å². The van der Waals surface area contributed by atoms with Crippen molar-refractivity contribution < 1.29 is 4.79 Å². The van der Waals surface area contributed by atoms with Crippen molar-refractivity contribution in [2.75, 3.05) is 5.88 Å². The summed E-state index contributed by atoms with van der Waals surface area (Å²) in [6, 6.07) is 9.90. The van der Waals surface area contributed by atoms with Crippen molar-refractivity contribution in [1.82, 2.24) is 4.57 Å². The van der Waals surface area contributed by atoms with Gasteiger partial charge in [-0.2, -0.15) is 0 Å². The number of aromatic nitrogens is 1. The molecule has 0 bridgehead atoms. The smallest absolute Gasteiger partial charge is 0.179 e. The average Bonchev–Trinajstić information content (AvgIpc) is 2.78. The van der Waals surface area contributed by atoms with Crippen LogP contribution in [0.4, 0.5) is 0 Å². The van der Waals surface area contributed by atoms with Crippen LogP contribution in [0.5, 0.6) is 0 Å². The van der Waals surface area contributed by atoms with Gasteiger partial charge in [0, 0.05) is 23.6 Å². The predicted molar refractivity (Wildman–Crippen MR) is 65.6 cm³/mol. The first kappa shape index (κ1) is 11.0. The van der Waals surface area contributed by atoms with Gasteiger partial charge in [-0.1, -0.05) is 17.7 Å². The number of hydrogen-bond acceptors (Lipinski definition) is 1. The molecule has 0 aliphatic carbocycles. The van der Waals surface area contributed by atoms with Crippen LogP contribution >= 0.6 is 11.6 Å². The van der Waals surface area contributed by atoms with E-state index in [1.54, 1.807) is 12.3 Å². The zero-order valence-electron chi connectivity index (χ0n) is 8.98. The molecule has 1 heterocycles. The number of hydrogen-bond donors (Lipinski definition) is 0. The number of halogens is 1. The highest BCUT2D eigenvalue weighted by molar-refractivity contribution is 6.30. The molecule has 0 unspecified atom stereocenters. The van der Waals surface area contributed by atoms with Gasteiger partial charge in [-0.15, -0.1) is 11.6 Å². The first-order valence-electron chi connectivity index (χ1n) is 5.05. The first-order chi connectivity index (χ1) is 7.70. The maximum atomic E-state index is 11.4. The Morgan fingerprint density at radius 3 is 2.56 bits per heavy atom. The summed E-state index contributed by atoms with van der Waals surface area (Å²) in [5.74, 6) is -0.0229. The van der Waals surface area contributed by atoms with Gasteiger partial charge in [-0.3, -0.25) is 4.79 Å². The van der Waals surface area contributed by atoms with Crippen LogP contribution in [0.25, 0.3) is 5.69 Å². The lowest BCUT2D eigenvalue weighted by molar-refractivity contribution is 0.102. The molecular weight excluding hydrogens is 222 g/mol. The maximum absolute atomic E-state index is 11.4. The number of rotatable bonds is 3. The molecule has 0 N–H and O–H groups in total. The summed E-state index contributed by atoms with van der Waals surface area (Å²) in [6.45, 7) is 2.04. The fourth-order valence-corrected chi connectivity index (χ4v) is 1.67. The fraction of sp³-hybridized carbons (Fsp3) is 0.154. The molecular formula is C13H12ClNO. The van der Waals surface area contributed by atoms with Crippen LogP contribution in [0.3, 0.4) is 0 Å². The van der Waals surface area contributed by atoms with Crippen molar-refractivity contribution in [2.24, 2.45) is 0 Å². The van der Waals surface area contributed by atoms with Gasteiger partial charge in [-0.05, 0) is 25.1 Å². The number of carbonyl (C=O) groups is 1. The van der Waals surface area contributed by atoms with Gasteiger partial charge < -0.3 is 4.57 Å². The third kappa shape index (κ3) is 2.17. The highest BCUT2D eigenvalue weighted by atomic mass is 35.5. The molecule has 3 heteroatoms. The molecule has 2 nitrogen and oxygen atoms in total. The number of Topliss-reactive ketones (excluding diaryl/α,β-unsaturated/α-hetero) is 1. The van der Waals surface area contributed by atoms with E-state index in [9.17, 15) is 4.79 Å². The minimum Gasteiger partial charge on any atom is -0.323 e. The van der Waals surface area contributed by atoms with Crippen molar-refractivity contribution in [3.8, 4) is 5.69 Å². The molecule has 2 rings (SSSR count). The molecule has 0 saturated heterocycles. The number of alkyl halides is 1. The van der Waals surface area contributed by atoms with Crippen molar-refractivity contribution in [1.29, 1.82) is 0 Å². The molecule has 0 aliphatic heterocycles. The molecule has 0 radical (unpaired) electrons. The molecule has 0 spiro atoms.